The van der Waals surface area contributed by atoms with E-state index in [2.05, 4.69) is 43.4 Å². The fourth-order valence-corrected chi connectivity index (χ4v) is 4.34. The minimum atomic E-state index is 0.261. The number of nitrogens with one attached hydrogen (secondary N) is 1. The van der Waals surface area contributed by atoms with Crippen LogP contribution in [0.1, 0.15) is 59.4 Å². The van der Waals surface area contributed by atoms with Crippen molar-refractivity contribution in [1.82, 2.24) is 10.3 Å². The van der Waals surface area contributed by atoms with Gasteiger partial charge in [-0.1, -0.05) is 38.1 Å². The third-order valence-corrected chi connectivity index (χ3v) is 5.43. The van der Waals surface area contributed by atoms with Gasteiger partial charge in [0.2, 0.25) is 0 Å². The van der Waals surface area contributed by atoms with Crippen LogP contribution < -0.4 is 5.32 Å². The number of hydrogen-bond donors (Lipinski definition) is 1. The Bertz CT molecular complexity index is 582. The van der Waals surface area contributed by atoms with Crippen molar-refractivity contribution in [2.45, 2.75) is 52.0 Å². The second-order valence-corrected chi connectivity index (χ2v) is 6.83. The molecule has 0 fully saturated rings. The van der Waals surface area contributed by atoms with Crippen molar-refractivity contribution < 1.29 is 0 Å². The summed E-state index contributed by atoms with van der Waals surface area (Å²) in [5.74, 6) is 0. The van der Waals surface area contributed by atoms with Gasteiger partial charge in [-0.25, -0.2) is 4.98 Å². The van der Waals surface area contributed by atoms with Crippen molar-refractivity contribution in [2.75, 3.05) is 6.54 Å². The number of benzene rings is 1. The first kappa shape index (κ1) is 14.7. The summed E-state index contributed by atoms with van der Waals surface area (Å²) in [7, 11) is 0. The third-order valence-electron chi connectivity index (χ3n) is 4.20. The molecule has 2 aromatic rings. The number of fused-ring (bicyclic) bond motifs is 1. The van der Waals surface area contributed by atoms with E-state index >= 15 is 0 Å². The number of aryl methyl sites for hydroxylation is 3. The number of aromatic nitrogens is 1. The molecule has 3 heteroatoms. The molecule has 0 bridgehead atoms. The predicted octanol–water partition coefficient (Wildman–Crippen LogP) is 4.28. The average molecular weight is 300 g/mol. The SMILES string of the molecule is CCCNC(c1nc2c(s1)CCC2)c1ccccc1CC. The van der Waals surface area contributed by atoms with E-state index in [-0.39, 0.29) is 6.04 Å². The number of thiazole rings is 1. The lowest BCUT2D eigenvalue weighted by Gasteiger charge is -2.19. The van der Waals surface area contributed by atoms with Crippen molar-refractivity contribution >= 4 is 11.3 Å². The smallest absolute Gasteiger partial charge is 0.115 e. The quantitative estimate of drug-likeness (QED) is 0.861. The first-order valence-electron chi connectivity index (χ1n) is 8.13. The fourth-order valence-electron chi connectivity index (χ4n) is 3.09. The zero-order valence-electron chi connectivity index (χ0n) is 13.0. The summed E-state index contributed by atoms with van der Waals surface area (Å²) in [6, 6.07) is 9.06. The summed E-state index contributed by atoms with van der Waals surface area (Å²) >= 11 is 1.92. The molecule has 0 saturated carbocycles. The third kappa shape index (κ3) is 3.04. The Kier molecular flexibility index (Phi) is 4.71. The Morgan fingerprint density at radius 3 is 2.86 bits per heavy atom. The van der Waals surface area contributed by atoms with Crippen LogP contribution in [-0.4, -0.2) is 11.5 Å². The van der Waals surface area contributed by atoms with E-state index in [1.807, 2.05) is 11.3 Å². The maximum Gasteiger partial charge on any atom is 0.115 e. The van der Waals surface area contributed by atoms with E-state index in [9.17, 15) is 0 Å². The molecular formula is C18H24N2S. The molecule has 112 valence electrons. The van der Waals surface area contributed by atoms with E-state index in [0.29, 0.717) is 0 Å². The molecular weight excluding hydrogens is 276 g/mol. The lowest BCUT2D eigenvalue weighted by atomic mass is 9.98. The molecule has 21 heavy (non-hydrogen) atoms. The lowest BCUT2D eigenvalue weighted by Crippen LogP contribution is -2.24. The van der Waals surface area contributed by atoms with Crippen LogP contribution in [0.15, 0.2) is 24.3 Å². The highest BCUT2D eigenvalue weighted by molar-refractivity contribution is 7.11. The van der Waals surface area contributed by atoms with Crippen LogP contribution in [0.3, 0.4) is 0 Å². The molecule has 1 atom stereocenters. The highest BCUT2D eigenvalue weighted by Gasteiger charge is 2.24. The second-order valence-electron chi connectivity index (χ2n) is 5.72. The summed E-state index contributed by atoms with van der Waals surface area (Å²) in [6.07, 6.45) is 5.90. The van der Waals surface area contributed by atoms with Gasteiger partial charge >= 0.3 is 0 Å². The molecule has 0 aliphatic heterocycles. The molecule has 0 radical (unpaired) electrons. The van der Waals surface area contributed by atoms with Crippen LogP contribution in [0.25, 0.3) is 0 Å². The van der Waals surface area contributed by atoms with E-state index in [1.165, 1.54) is 46.0 Å². The van der Waals surface area contributed by atoms with Gasteiger partial charge in [0.15, 0.2) is 0 Å². The van der Waals surface area contributed by atoms with Crippen LogP contribution in [0.5, 0.6) is 0 Å². The largest absolute Gasteiger partial charge is 0.304 e. The Balaban J connectivity index is 1.96. The topological polar surface area (TPSA) is 24.9 Å². The summed E-state index contributed by atoms with van der Waals surface area (Å²) in [4.78, 5) is 6.47. The summed E-state index contributed by atoms with van der Waals surface area (Å²) in [6.45, 7) is 5.49. The Morgan fingerprint density at radius 1 is 1.24 bits per heavy atom. The first-order valence-corrected chi connectivity index (χ1v) is 8.94. The van der Waals surface area contributed by atoms with Gasteiger partial charge in [0.05, 0.1) is 11.7 Å². The minimum absolute atomic E-state index is 0.261. The van der Waals surface area contributed by atoms with Crippen LogP contribution in [0.4, 0.5) is 0 Å². The zero-order chi connectivity index (χ0) is 14.7. The number of rotatable bonds is 6. The fraction of sp³-hybridized carbons (Fsp3) is 0.500. The second kappa shape index (κ2) is 6.71. The first-order chi connectivity index (χ1) is 10.3. The summed E-state index contributed by atoms with van der Waals surface area (Å²) in [5.41, 5.74) is 4.19. The van der Waals surface area contributed by atoms with Gasteiger partial charge in [0.1, 0.15) is 5.01 Å². The molecule has 0 saturated heterocycles. The zero-order valence-corrected chi connectivity index (χ0v) is 13.8. The standard InChI is InChI=1S/C18H24N2S/c1-3-12-19-17(14-9-6-5-8-13(14)4-2)18-20-15-10-7-11-16(15)21-18/h5-6,8-9,17,19H,3-4,7,10-12H2,1-2H3. The van der Waals surface area contributed by atoms with Gasteiger partial charge in [0.25, 0.3) is 0 Å². The predicted molar refractivity (Wildman–Crippen MR) is 90.1 cm³/mol. The van der Waals surface area contributed by atoms with Crippen molar-refractivity contribution in [3.63, 3.8) is 0 Å². The van der Waals surface area contributed by atoms with E-state index < -0.39 is 0 Å². The molecule has 0 amide bonds. The highest BCUT2D eigenvalue weighted by atomic mass is 32.1. The van der Waals surface area contributed by atoms with Crippen LogP contribution in [0.2, 0.25) is 0 Å². The van der Waals surface area contributed by atoms with E-state index in [0.717, 1.165) is 19.4 Å². The molecule has 1 N–H and O–H groups in total. The normalized spacial score (nSPS) is 15.1. The van der Waals surface area contributed by atoms with Gasteiger partial charge in [-0.3, -0.25) is 0 Å². The number of hydrogen-bond acceptors (Lipinski definition) is 3. The maximum absolute atomic E-state index is 4.95. The highest BCUT2D eigenvalue weighted by Crippen LogP contribution is 2.34. The molecule has 1 aliphatic carbocycles. The monoisotopic (exact) mass is 300 g/mol. The Labute approximate surface area is 131 Å². The Morgan fingerprint density at radius 2 is 2.10 bits per heavy atom. The lowest BCUT2D eigenvalue weighted by molar-refractivity contribution is 0.590. The minimum Gasteiger partial charge on any atom is -0.304 e. The van der Waals surface area contributed by atoms with Gasteiger partial charge in [-0.15, -0.1) is 11.3 Å². The van der Waals surface area contributed by atoms with Crippen LogP contribution in [-0.2, 0) is 19.3 Å². The molecule has 1 aromatic carbocycles. The van der Waals surface area contributed by atoms with Crippen LogP contribution in [0, 0.1) is 0 Å². The summed E-state index contributed by atoms with van der Waals surface area (Å²) in [5, 5.41) is 4.97. The number of nitrogens with zero attached hydrogens (tertiary/aromatic N) is 1. The molecule has 2 nitrogen and oxygen atoms in total. The van der Waals surface area contributed by atoms with E-state index in [4.69, 9.17) is 4.98 Å². The van der Waals surface area contributed by atoms with Gasteiger partial charge < -0.3 is 5.32 Å². The van der Waals surface area contributed by atoms with E-state index in [1.54, 1.807) is 0 Å². The molecule has 0 spiro atoms. The van der Waals surface area contributed by atoms with Crippen LogP contribution >= 0.6 is 11.3 Å². The molecule has 3 rings (SSSR count). The van der Waals surface area contributed by atoms with Crippen molar-refractivity contribution in [3.05, 3.63) is 51.0 Å². The van der Waals surface area contributed by atoms with Crippen molar-refractivity contribution in [1.29, 1.82) is 0 Å². The summed E-state index contributed by atoms with van der Waals surface area (Å²) < 4.78 is 0. The van der Waals surface area contributed by atoms with Gasteiger partial charge in [0, 0.05) is 4.88 Å². The van der Waals surface area contributed by atoms with Crippen molar-refractivity contribution in [3.8, 4) is 0 Å². The average Bonchev–Trinajstić information content (AvgIpc) is 3.09. The van der Waals surface area contributed by atoms with Gasteiger partial charge in [-0.05, 0) is 49.8 Å². The Hall–Kier alpha value is -1.19. The van der Waals surface area contributed by atoms with Gasteiger partial charge in [-0.2, -0.15) is 0 Å². The maximum atomic E-state index is 4.95. The molecule has 1 unspecified atom stereocenters. The molecule has 1 aromatic heterocycles. The molecule has 1 heterocycles. The molecule has 1 aliphatic rings. The van der Waals surface area contributed by atoms with Crippen molar-refractivity contribution in [2.24, 2.45) is 0 Å².